The van der Waals surface area contributed by atoms with Gasteiger partial charge in [0.15, 0.2) is 10.8 Å². The molecule has 1 N–H and O–H groups in total. The second kappa shape index (κ2) is 5.09. The van der Waals surface area contributed by atoms with Crippen molar-refractivity contribution >= 4 is 23.4 Å². The Morgan fingerprint density at radius 3 is 2.94 bits per heavy atom. The Hall–Kier alpha value is -1.69. The topological polar surface area (TPSA) is 75.2 Å². The zero-order chi connectivity index (χ0) is 12.3. The summed E-state index contributed by atoms with van der Waals surface area (Å²) in [4.78, 5) is 24.8. The van der Waals surface area contributed by atoms with Crippen LogP contribution in [0.4, 0.5) is 0 Å². The number of carbonyl (C=O) groups excluding carboxylic acids is 2. The van der Waals surface area contributed by atoms with Crippen LogP contribution in [0.15, 0.2) is 12.1 Å². The molecular formula is C10H11ClN4O2. The van der Waals surface area contributed by atoms with Crippen LogP contribution >= 0.6 is 11.6 Å². The quantitative estimate of drug-likeness (QED) is 0.771. The van der Waals surface area contributed by atoms with Crippen molar-refractivity contribution in [2.45, 2.75) is 6.42 Å². The van der Waals surface area contributed by atoms with Crippen molar-refractivity contribution in [2.24, 2.45) is 0 Å². The average molecular weight is 255 g/mol. The number of carbonyl (C=O) groups is 2. The van der Waals surface area contributed by atoms with E-state index in [1.807, 2.05) is 0 Å². The molecule has 1 aromatic rings. The third kappa shape index (κ3) is 2.91. The van der Waals surface area contributed by atoms with Gasteiger partial charge in [-0.25, -0.2) is 0 Å². The lowest BCUT2D eigenvalue weighted by molar-refractivity contribution is -0.121. The summed E-state index contributed by atoms with van der Waals surface area (Å²) in [6.07, 6.45) is 0.735. The summed E-state index contributed by atoms with van der Waals surface area (Å²) >= 11 is 5.59. The molecule has 1 fully saturated rings. The van der Waals surface area contributed by atoms with Crippen LogP contribution in [0.5, 0.6) is 0 Å². The Morgan fingerprint density at radius 2 is 2.24 bits per heavy atom. The molecule has 90 valence electrons. The van der Waals surface area contributed by atoms with E-state index in [-0.39, 0.29) is 29.2 Å². The predicted molar refractivity (Wildman–Crippen MR) is 60.6 cm³/mol. The van der Waals surface area contributed by atoms with E-state index in [0.29, 0.717) is 13.1 Å². The van der Waals surface area contributed by atoms with Crippen molar-refractivity contribution in [1.29, 1.82) is 0 Å². The summed E-state index contributed by atoms with van der Waals surface area (Å²) in [6.45, 7) is 1.18. The van der Waals surface area contributed by atoms with E-state index in [1.165, 1.54) is 17.0 Å². The number of hydrogen-bond acceptors (Lipinski definition) is 4. The highest BCUT2D eigenvalue weighted by Crippen LogP contribution is 2.06. The number of nitrogens with one attached hydrogen (secondary N) is 1. The normalized spacial score (nSPS) is 16.3. The van der Waals surface area contributed by atoms with Crippen LogP contribution < -0.4 is 5.32 Å². The molecule has 17 heavy (non-hydrogen) atoms. The van der Waals surface area contributed by atoms with Crippen molar-refractivity contribution in [3.05, 3.63) is 23.0 Å². The summed E-state index contributed by atoms with van der Waals surface area (Å²) in [5.74, 6) is -0.455. The maximum atomic E-state index is 12.0. The molecule has 0 atom stereocenters. The Labute approximate surface area is 103 Å². The van der Waals surface area contributed by atoms with Crippen molar-refractivity contribution < 1.29 is 9.59 Å². The van der Waals surface area contributed by atoms with Crippen LogP contribution in [0.1, 0.15) is 16.9 Å². The molecule has 6 nitrogen and oxygen atoms in total. The summed E-state index contributed by atoms with van der Waals surface area (Å²) in [5, 5.41) is 10.2. The molecule has 2 heterocycles. The summed E-state index contributed by atoms with van der Waals surface area (Å²) in [5.41, 5.74) is 0.198. The van der Waals surface area contributed by atoms with Gasteiger partial charge >= 0.3 is 0 Å². The van der Waals surface area contributed by atoms with Crippen molar-refractivity contribution in [2.75, 3.05) is 19.6 Å². The van der Waals surface area contributed by atoms with E-state index in [4.69, 9.17) is 11.6 Å². The Morgan fingerprint density at radius 1 is 1.41 bits per heavy atom. The first-order chi connectivity index (χ1) is 8.16. The number of rotatable bonds is 1. The Balaban J connectivity index is 2.13. The average Bonchev–Trinajstić information content (AvgIpc) is 2.54. The van der Waals surface area contributed by atoms with Gasteiger partial charge in [-0.3, -0.25) is 9.59 Å². The molecule has 7 heteroatoms. The molecule has 0 radical (unpaired) electrons. The SMILES string of the molecule is O=C1CN(C(=O)c2ccc(Cl)nn2)CCCN1. The van der Waals surface area contributed by atoms with Crippen LogP contribution in [-0.4, -0.2) is 46.5 Å². The van der Waals surface area contributed by atoms with E-state index < -0.39 is 0 Å². The molecule has 0 saturated carbocycles. The molecule has 0 aromatic carbocycles. The first-order valence-electron chi connectivity index (χ1n) is 5.22. The van der Waals surface area contributed by atoms with Crippen molar-refractivity contribution in [3.63, 3.8) is 0 Å². The van der Waals surface area contributed by atoms with Crippen LogP contribution in [0.25, 0.3) is 0 Å². The molecule has 1 aliphatic heterocycles. The van der Waals surface area contributed by atoms with Gasteiger partial charge < -0.3 is 10.2 Å². The van der Waals surface area contributed by atoms with Crippen LogP contribution in [-0.2, 0) is 4.79 Å². The molecule has 2 amide bonds. The van der Waals surface area contributed by atoms with Gasteiger partial charge in [-0.1, -0.05) is 11.6 Å². The van der Waals surface area contributed by atoms with E-state index in [2.05, 4.69) is 15.5 Å². The highest BCUT2D eigenvalue weighted by molar-refractivity contribution is 6.29. The highest BCUT2D eigenvalue weighted by Gasteiger charge is 2.21. The fourth-order valence-electron chi connectivity index (χ4n) is 1.57. The number of hydrogen-bond donors (Lipinski definition) is 1. The number of aromatic nitrogens is 2. The third-order valence-corrected chi connectivity index (χ3v) is 2.60. The van der Waals surface area contributed by atoms with E-state index in [0.717, 1.165) is 6.42 Å². The summed E-state index contributed by atoms with van der Waals surface area (Å²) in [6, 6.07) is 3.00. The van der Waals surface area contributed by atoms with Crippen LogP contribution in [0.2, 0.25) is 5.15 Å². The number of amides is 2. The van der Waals surface area contributed by atoms with Gasteiger partial charge in [0.25, 0.3) is 5.91 Å². The summed E-state index contributed by atoms with van der Waals surface area (Å²) in [7, 11) is 0. The molecule has 1 aromatic heterocycles. The van der Waals surface area contributed by atoms with Crippen molar-refractivity contribution in [1.82, 2.24) is 20.4 Å². The molecule has 2 rings (SSSR count). The minimum absolute atomic E-state index is 0.0587. The smallest absolute Gasteiger partial charge is 0.274 e. The van der Waals surface area contributed by atoms with Gasteiger partial charge in [0.2, 0.25) is 5.91 Å². The van der Waals surface area contributed by atoms with Crippen molar-refractivity contribution in [3.8, 4) is 0 Å². The van der Waals surface area contributed by atoms with E-state index in [9.17, 15) is 9.59 Å². The maximum absolute atomic E-state index is 12.0. The Kier molecular flexibility index (Phi) is 3.53. The first-order valence-corrected chi connectivity index (χ1v) is 5.60. The maximum Gasteiger partial charge on any atom is 0.274 e. The third-order valence-electron chi connectivity index (χ3n) is 2.40. The zero-order valence-corrected chi connectivity index (χ0v) is 9.78. The van der Waals surface area contributed by atoms with Gasteiger partial charge in [0.05, 0.1) is 6.54 Å². The number of nitrogens with zero attached hydrogens (tertiary/aromatic N) is 3. The molecule has 1 aliphatic rings. The van der Waals surface area contributed by atoms with Crippen LogP contribution in [0, 0.1) is 0 Å². The minimum Gasteiger partial charge on any atom is -0.354 e. The molecule has 0 unspecified atom stereocenters. The number of halogens is 1. The Bertz CT molecular complexity index is 434. The fraction of sp³-hybridized carbons (Fsp3) is 0.400. The lowest BCUT2D eigenvalue weighted by Crippen LogP contribution is -2.37. The highest BCUT2D eigenvalue weighted by atomic mass is 35.5. The fourth-order valence-corrected chi connectivity index (χ4v) is 1.67. The lowest BCUT2D eigenvalue weighted by Gasteiger charge is -2.17. The summed E-state index contributed by atoms with van der Waals surface area (Å²) < 4.78 is 0. The van der Waals surface area contributed by atoms with Crippen LogP contribution in [0.3, 0.4) is 0 Å². The molecular weight excluding hydrogens is 244 g/mol. The molecule has 0 spiro atoms. The largest absolute Gasteiger partial charge is 0.354 e. The van der Waals surface area contributed by atoms with E-state index >= 15 is 0 Å². The second-order valence-corrected chi connectivity index (χ2v) is 4.06. The van der Waals surface area contributed by atoms with Gasteiger partial charge in [-0.2, -0.15) is 0 Å². The lowest BCUT2D eigenvalue weighted by atomic mass is 10.3. The van der Waals surface area contributed by atoms with Gasteiger partial charge in [-0.15, -0.1) is 10.2 Å². The first kappa shape index (κ1) is 11.8. The predicted octanol–water partition coefficient (Wildman–Crippen LogP) is 0.0921. The van der Waals surface area contributed by atoms with Gasteiger partial charge in [-0.05, 0) is 18.6 Å². The molecule has 1 saturated heterocycles. The van der Waals surface area contributed by atoms with Gasteiger partial charge in [0.1, 0.15) is 0 Å². The monoisotopic (exact) mass is 254 g/mol. The molecule has 0 aliphatic carbocycles. The second-order valence-electron chi connectivity index (χ2n) is 3.67. The van der Waals surface area contributed by atoms with Gasteiger partial charge in [0, 0.05) is 13.1 Å². The minimum atomic E-state index is -0.300. The molecule has 0 bridgehead atoms. The zero-order valence-electron chi connectivity index (χ0n) is 9.02. The standard InChI is InChI=1S/C10H11ClN4O2/c11-8-3-2-7(13-14-8)10(17)15-5-1-4-12-9(16)6-15/h2-3H,1,4-6H2,(H,12,16). The van der Waals surface area contributed by atoms with E-state index in [1.54, 1.807) is 0 Å².